The summed E-state index contributed by atoms with van der Waals surface area (Å²) in [6.07, 6.45) is 17.8. The number of aldehydes is 1. The molecule has 0 aromatic heterocycles. The summed E-state index contributed by atoms with van der Waals surface area (Å²) in [5.41, 5.74) is 0. The van der Waals surface area contributed by atoms with Crippen LogP contribution in [0.25, 0.3) is 0 Å². The minimum atomic E-state index is 0.356. The fraction of sp³-hybridized carbons (Fsp3) is 0.824. The Bertz CT molecular complexity index is 265. The van der Waals surface area contributed by atoms with Crippen molar-refractivity contribution in [1.29, 1.82) is 0 Å². The van der Waals surface area contributed by atoms with E-state index < -0.39 is 0 Å². The third-order valence-electron chi connectivity index (χ3n) is 5.13. The average Bonchev–Trinajstić information content (AvgIpc) is 2.46. The van der Waals surface area contributed by atoms with Crippen molar-refractivity contribution in [2.75, 3.05) is 0 Å². The summed E-state index contributed by atoms with van der Waals surface area (Å²) in [5, 5.41) is 0. The predicted octanol–water partition coefficient (Wildman–Crippen LogP) is 4.76. The molecule has 18 heavy (non-hydrogen) atoms. The molecule has 0 aromatic rings. The summed E-state index contributed by atoms with van der Waals surface area (Å²) < 4.78 is 0. The molecule has 0 N–H and O–H groups in total. The SMILES string of the molecule is CCC1CCC(C=CC2CCC(C=O)CC2)CC1. The first-order valence-electron chi connectivity index (χ1n) is 7.95. The molecule has 0 heterocycles. The topological polar surface area (TPSA) is 17.1 Å². The molecule has 102 valence electrons. The van der Waals surface area contributed by atoms with Gasteiger partial charge >= 0.3 is 0 Å². The van der Waals surface area contributed by atoms with Gasteiger partial charge in [-0.1, -0.05) is 25.5 Å². The lowest BCUT2D eigenvalue weighted by Crippen LogP contribution is -2.15. The van der Waals surface area contributed by atoms with Gasteiger partial charge in [-0.05, 0) is 69.1 Å². The molecule has 0 spiro atoms. The molecule has 0 amide bonds. The summed E-state index contributed by atoms with van der Waals surface area (Å²) in [6.45, 7) is 2.33. The lowest BCUT2D eigenvalue weighted by Gasteiger charge is -2.27. The fourth-order valence-corrected chi connectivity index (χ4v) is 3.58. The van der Waals surface area contributed by atoms with Crippen LogP contribution in [0, 0.1) is 23.7 Å². The molecular weight excluding hydrogens is 220 g/mol. The van der Waals surface area contributed by atoms with Crippen molar-refractivity contribution in [2.24, 2.45) is 23.7 Å². The van der Waals surface area contributed by atoms with Crippen LogP contribution in [0.1, 0.15) is 64.7 Å². The van der Waals surface area contributed by atoms with Crippen molar-refractivity contribution >= 4 is 6.29 Å². The number of hydrogen-bond donors (Lipinski definition) is 0. The maximum absolute atomic E-state index is 10.7. The van der Waals surface area contributed by atoms with Crippen molar-refractivity contribution in [3.8, 4) is 0 Å². The molecule has 0 radical (unpaired) electrons. The first-order valence-corrected chi connectivity index (χ1v) is 7.95. The third kappa shape index (κ3) is 3.96. The summed E-state index contributed by atoms with van der Waals surface area (Å²) in [4.78, 5) is 10.7. The zero-order chi connectivity index (χ0) is 12.8. The molecule has 0 aromatic carbocycles. The largest absolute Gasteiger partial charge is 0.303 e. The minimum Gasteiger partial charge on any atom is -0.303 e. The molecule has 2 fully saturated rings. The lowest BCUT2D eigenvalue weighted by molar-refractivity contribution is -0.112. The fourth-order valence-electron chi connectivity index (χ4n) is 3.58. The van der Waals surface area contributed by atoms with E-state index in [1.54, 1.807) is 0 Å². The van der Waals surface area contributed by atoms with E-state index in [0.717, 1.165) is 36.9 Å². The predicted molar refractivity (Wildman–Crippen MR) is 76.4 cm³/mol. The summed E-state index contributed by atoms with van der Waals surface area (Å²) in [7, 11) is 0. The second-order valence-electron chi connectivity index (χ2n) is 6.38. The molecule has 0 saturated heterocycles. The Kier molecular flexibility index (Phi) is 5.46. The van der Waals surface area contributed by atoms with Crippen LogP contribution in [0.15, 0.2) is 12.2 Å². The van der Waals surface area contributed by atoms with E-state index in [1.165, 1.54) is 44.9 Å². The Morgan fingerprint density at radius 2 is 1.22 bits per heavy atom. The van der Waals surface area contributed by atoms with Gasteiger partial charge in [0.1, 0.15) is 6.29 Å². The Hall–Kier alpha value is -0.590. The van der Waals surface area contributed by atoms with Gasteiger partial charge in [0, 0.05) is 5.92 Å². The smallest absolute Gasteiger partial charge is 0.123 e. The summed E-state index contributed by atoms with van der Waals surface area (Å²) >= 11 is 0. The number of rotatable bonds is 4. The van der Waals surface area contributed by atoms with Crippen molar-refractivity contribution in [3.05, 3.63) is 12.2 Å². The van der Waals surface area contributed by atoms with E-state index >= 15 is 0 Å². The first-order chi connectivity index (χ1) is 8.81. The highest BCUT2D eigenvalue weighted by Gasteiger charge is 2.20. The monoisotopic (exact) mass is 248 g/mol. The molecule has 0 aliphatic heterocycles. The Morgan fingerprint density at radius 3 is 1.67 bits per heavy atom. The van der Waals surface area contributed by atoms with Gasteiger partial charge in [-0.3, -0.25) is 0 Å². The number of hydrogen-bond acceptors (Lipinski definition) is 1. The van der Waals surface area contributed by atoms with E-state index in [0.29, 0.717) is 5.92 Å². The maximum Gasteiger partial charge on any atom is 0.123 e. The lowest BCUT2D eigenvalue weighted by atomic mass is 9.79. The molecule has 1 nitrogen and oxygen atoms in total. The van der Waals surface area contributed by atoms with Crippen LogP contribution in [0.4, 0.5) is 0 Å². The van der Waals surface area contributed by atoms with Crippen LogP contribution in [0.2, 0.25) is 0 Å². The van der Waals surface area contributed by atoms with Crippen LogP contribution in [-0.4, -0.2) is 6.29 Å². The van der Waals surface area contributed by atoms with Gasteiger partial charge in [0.15, 0.2) is 0 Å². The number of allylic oxidation sites excluding steroid dienone is 2. The van der Waals surface area contributed by atoms with Gasteiger partial charge in [-0.2, -0.15) is 0 Å². The number of carbonyl (C=O) groups is 1. The van der Waals surface area contributed by atoms with E-state index in [-0.39, 0.29) is 0 Å². The summed E-state index contributed by atoms with van der Waals surface area (Å²) in [5.74, 6) is 2.95. The van der Waals surface area contributed by atoms with Crippen molar-refractivity contribution in [3.63, 3.8) is 0 Å². The molecule has 2 saturated carbocycles. The van der Waals surface area contributed by atoms with Crippen LogP contribution in [0.5, 0.6) is 0 Å². The maximum atomic E-state index is 10.7. The van der Waals surface area contributed by atoms with Gasteiger partial charge in [0.25, 0.3) is 0 Å². The van der Waals surface area contributed by atoms with E-state index in [1.807, 2.05) is 0 Å². The second-order valence-corrected chi connectivity index (χ2v) is 6.38. The molecule has 2 aliphatic rings. The van der Waals surface area contributed by atoms with Crippen LogP contribution < -0.4 is 0 Å². The van der Waals surface area contributed by atoms with Crippen LogP contribution in [-0.2, 0) is 4.79 Å². The highest BCUT2D eigenvalue weighted by molar-refractivity contribution is 5.53. The van der Waals surface area contributed by atoms with Gasteiger partial charge < -0.3 is 4.79 Å². The van der Waals surface area contributed by atoms with Crippen LogP contribution >= 0.6 is 0 Å². The zero-order valence-corrected chi connectivity index (χ0v) is 11.8. The molecule has 0 unspecified atom stereocenters. The average molecular weight is 248 g/mol. The number of carbonyl (C=O) groups excluding carboxylic acids is 1. The molecule has 1 heteroatoms. The van der Waals surface area contributed by atoms with Gasteiger partial charge in [0.2, 0.25) is 0 Å². The summed E-state index contributed by atoms with van der Waals surface area (Å²) in [6, 6.07) is 0. The first kappa shape index (κ1) is 13.8. The standard InChI is InChI=1S/C17H28O/c1-2-14-3-5-15(6-4-14)7-8-16-9-11-17(13-18)12-10-16/h7-8,13-17H,2-6,9-12H2,1H3. The molecule has 2 aliphatic carbocycles. The Labute approximate surface area is 112 Å². The van der Waals surface area contributed by atoms with Crippen LogP contribution in [0.3, 0.4) is 0 Å². The quantitative estimate of drug-likeness (QED) is 0.517. The molecule has 0 atom stereocenters. The highest BCUT2D eigenvalue weighted by Crippen LogP contribution is 2.33. The second kappa shape index (κ2) is 7.11. The van der Waals surface area contributed by atoms with E-state index in [4.69, 9.17) is 0 Å². The Balaban J connectivity index is 1.70. The third-order valence-corrected chi connectivity index (χ3v) is 5.13. The van der Waals surface area contributed by atoms with Gasteiger partial charge in [-0.25, -0.2) is 0 Å². The van der Waals surface area contributed by atoms with Crippen molar-refractivity contribution in [1.82, 2.24) is 0 Å². The Morgan fingerprint density at radius 1 is 0.778 bits per heavy atom. The molecular formula is C17H28O. The zero-order valence-electron chi connectivity index (χ0n) is 11.8. The van der Waals surface area contributed by atoms with Gasteiger partial charge in [-0.15, -0.1) is 0 Å². The van der Waals surface area contributed by atoms with E-state index in [2.05, 4.69) is 19.1 Å². The molecule has 2 rings (SSSR count). The van der Waals surface area contributed by atoms with Crippen molar-refractivity contribution in [2.45, 2.75) is 64.7 Å². The molecule has 0 bridgehead atoms. The normalized spacial score (nSPS) is 37.8. The minimum absolute atomic E-state index is 0.356. The highest BCUT2D eigenvalue weighted by atomic mass is 16.1. The van der Waals surface area contributed by atoms with E-state index in [9.17, 15) is 4.79 Å². The van der Waals surface area contributed by atoms with Crippen molar-refractivity contribution < 1.29 is 4.79 Å². The van der Waals surface area contributed by atoms with Gasteiger partial charge in [0.05, 0.1) is 0 Å².